The van der Waals surface area contributed by atoms with E-state index in [2.05, 4.69) is 32.7 Å². The van der Waals surface area contributed by atoms with Crippen LogP contribution in [0.15, 0.2) is 48.8 Å². The summed E-state index contributed by atoms with van der Waals surface area (Å²) in [7, 11) is -4.25. The second kappa shape index (κ2) is 26.2. The van der Waals surface area contributed by atoms with Crippen LogP contribution < -0.4 is 30.4 Å². The summed E-state index contributed by atoms with van der Waals surface area (Å²) >= 11 is 0. The summed E-state index contributed by atoms with van der Waals surface area (Å²) in [6.07, 6.45) is -3.97. The molecule has 3 aromatic rings. The number of anilines is 2. The number of ether oxygens (including phenoxy) is 5. The fourth-order valence-corrected chi connectivity index (χ4v) is 10.7. The number of likely N-dealkylation sites (tertiary alicyclic amines) is 1. The molecule has 2 aliphatic carbocycles. The Morgan fingerprint density at radius 2 is 1.67 bits per heavy atom. The number of benzene rings is 2. The fraction of sp³-hybridized carbons (Fsp3) is 0.569. The number of fused-ring (bicyclic) bond motifs is 2. The monoisotopic (exact) mass is 1110 g/mol. The average molecular weight is 1110 g/mol. The molecule has 4 heterocycles. The Labute approximate surface area is 449 Å². The molecule has 0 spiro atoms. The molecule has 5 aliphatic rings. The number of hydrogen-bond donors (Lipinski definition) is 9. The van der Waals surface area contributed by atoms with Crippen LogP contribution in [0.4, 0.5) is 17.3 Å². The maximum Gasteiger partial charge on any atom is 0.355 e. The van der Waals surface area contributed by atoms with E-state index < -0.39 is 64.9 Å². The highest BCUT2D eigenvalue weighted by molar-refractivity contribution is 7.84. The third-order valence-corrected chi connectivity index (χ3v) is 14.8. The molecule has 3 fully saturated rings. The number of aryl methyl sites for hydroxylation is 1. The normalized spacial score (nSPS) is 25.7. The number of carbonyl (C=O) groups excluding carboxylic acids is 4. The number of aliphatic carboxylic acids is 1. The van der Waals surface area contributed by atoms with E-state index in [1.165, 1.54) is 22.1 Å². The number of aromatic nitrogens is 2. The highest BCUT2D eigenvalue weighted by atomic mass is 32.2. The van der Waals surface area contributed by atoms with Gasteiger partial charge in [0.2, 0.25) is 29.9 Å². The lowest BCUT2D eigenvalue weighted by Crippen LogP contribution is -2.61. The van der Waals surface area contributed by atoms with E-state index in [1.807, 2.05) is 22.9 Å². The minimum Gasteiger partial charge on any atom is -0.479 e. The van der Waals surface area contributed by atoms with Crippen molar-refractivity contribution in [1.82, 2.24) is 15.2 Å². The summed E-state index contributed by atoms with van der Waals surface area (Å²) in [5.74, 6) is -2.51. The van der Waals surface area contributed by atoms with Gasteiger partial charge in [0, 0.05) is 61.0 Å². The van der Waals surface area contributed by atoms with Gasteiger partial charge >= 0.3 is 28.4 Å². The molecule has 1 aromatic heterocycles. The zero-order valence-corrected chi connectivity index (χ0v) is 43.8. The quantitative estimate of drug-likeness (QED) is 0.0243. The van der Waals surface area contributed by atoms with E-state index in [0.29, 0.717) is 30.6 Å². The van der Waals surface area contributed by atoms with Crippen LogP contribution in [0.1, 0.15) is 73.7 Å². The van der Waals surface area contributed by atoms with Gasteiger partial charge < -0.3 is 65.2 Å². The van der Waals surface area contributed by atoms with Crippen LogP contribution in [-0.4, -0.2) is 186 Å². The molecule has 8 rings (SSSR count). The topological polar surface area (TPSA) is 361 Å². The number of imide groups is 1. The van der Waals surface area contributed by atoms with Crippen molar-refractivity contribution in [2.75, 3.05) is 70.0 Å². The Balaban J connectivity index is 0.912. The van der Waals surface area contributed by atoms with Crippen molar-refractivity contribution in [3.8, 4) is 5.75 Å². The van der Waals surface area contributed by atoms with Crippen molar-refractivity contribution >= 4 is 63.4 Å². The summed E-state index contributed by atoms with van der Waals surface area (Å²) < 4.78 is 59.9. The number of amides is 4. The van der Waals surface area contributed by atoms with Crippen molar-refractivity contribution in [1.29, 1.82) is 0 Å². The molecule has 27 heteroatoms. The first-order valence-corrected chi connectivity index (χ1v) is 27.4. The molecule has 2 saturated heterocycles. The molecule has 26 nitrogen and oxygen atoms in total. The number of carboxylic acid groups (broad SMARTS) is 1. The number of nitrogens with one attached hydrogen (secondary N) is 3. The van der Waals surface area contributed by atoms with E-state index in [1.54, 1.807) is 25.4 Å². The van der Waals surface area contributed by atoms with Crippen molar-refractivity contribution in [3.63, 3.8) is 0 Å². The zero-order valence-electron chi connectivity index (χ0n) is 43.0. The standard InChI is InChI=1S/C51H66N8O18S/c1-29-22-42(63)59(49(29)67)15-17-73-19-21-74-20-18-72-16-12-40(61)53-13-10-41(62)55-37-23-30(6-9-39(37)76-51-45(66)43(64)44(65)46(77-51)50(68)69)26-57-28-54-47(56-36-8-7-31-4-2-3-5-34(31)36)35-11-14-58(48(35)57)33-24-32(38(60)25-33)27-75-78(52,70)71/h2-6,9,14,23,28-29,32-33,36,38,43-46,51,60,64-66H,7-8,10-13,15-22,24-27H2,1H3,(H4-,52,53,55,61,62,68,69,70,71)/p+2/t29?,32-,33+,36-,38-,43+,44+,45-,46+,51-/m1/s1. The van der Waals surface area contributed by atoms with Gasteiger partial charge in [-0.15, -0.1) is 0 Å². The SMILES string of the molecule is CC1CC(=O)N(CCOCCOCCOCCC(=O)NCCC(=O)Nc2cc(C[n+]3cnc(N[C@@H]4CCc5ccccc54)c4c3[N+]([C@H]3C[C@H](COS(N)(=O)=O)[C@H](O)C3)=CC4)ccc2O[C@@H]2O[C@H](C(=O)O)[C@@H](O)[C@H](O)[C@H]2O)C1=O. The van der Waals surface area contributed by atoms with E-state index >= 15 is 0 Å². The molecular formula is C51H68N8O18S+2. The summed E-state index contributed by atoms with van der Waals surface area (Å²) in [5.41, 5.74) is 3.93. The lowest BCUT2D eigenvalue weighted by atomic mass is 9.99. The van der Waals surface area contributed by atoms with Crippen LogP contribution in [0.25, 0.3) is 0 Å². The van der Waals surface area contributed by atoms with Gasteiger partial charge in [-0.2, -0.15) is 13.0 Å². The highest BCUT2D eigenvalue weighted by Gasteiger charge is 2.49. The lowest BCUT2D eigenvalue weighted by Gasteiger charge is -2.38. The molecule has 10 atom stereocenters. The van der Waals surface area contributed by atoms with Crippen molar-refractivity contribution in [2.45, 2.75) is 114 Å². The summed E-state index contributed by atoms with van der Waals surface area (Å²) in [6.45, 7) is 2.90. The highest BCUT2D eigenvalue weighted by Crippen LogP contribution is 2.39. The van der Waals surface area contributed by atoms with Crippen LogP contribution in [0, 0.1) is 11.8 Å². The van der Waals surface area contributed by atoms with E-state index in [4.69, 9.17) is 38.0 Å². The summed E-state index contributed by atoms with van der Waals surface area (Å²) in [5, 5.41) is 66.7. The van der Waals surface area contributed by atoms with Crippen LogP contribution >= 0.6 is 0 Å². The maximum absolute atomic E-state index is 13.6. The number of aliphatic hydroxyl groups is 4. The van der Waals surface area contributed by atoms with Crippen LogP contribution in [0.3, 0.4) is 0 Å². The summed E-state index contributed by atoms with van der Waals surface area (Å²) in [4.78, 5) is 68.1. The number of carboxylic acids is 1. The second-order valence-electron chi connectivity index (χ2n) is 19.9. The van der Waals surface area contributed by atoms with Crippen molar-refractivity contribution in [2.24, 2.45) is 17.0 Å². The Hall–Kier alpha value is -6.11. The predicted octanol–water partition coefficient (Wildman–Crippen LogP) is -1.30. The number of carbonyl (C=O) groups is 5. The van der Waals surface area contributed by atoms with Gasteiger partial charge in [0.25, 0.3) is 5.82 Å². The predicted molar refractivity (Wildman–Crippen MR) is 271 cm³/mol. The number of nitrogens with two attached hydrogens (primary N) is 1. The smallest absolute Gasteiger partial charge is 0.355 e. The van der Waals surface area contributed by atoms with Crippen LogP contribution in [0.5, 0.6) is 5.75 Å². The Bertz CT molecular complexity index is 2820. The molecule has 3 aliphatic heterocycles. The maximum atomic E-state index is 13.6. The van der Waals surface area contributed by atoms with Crippen LogP contribution in [0.2, 0.25) is 0 Å². The largest absolute Gasteiger partial charge is 0.479 e. The fourth-order valence-electron chi connectivity index (χ4n) is 10.3. The molecule has 424 valence electrons. The second-order valence-corrected chi connectivity index (χ2v) is 21.1. The minimum atomic E-state index is -4.25. The first-order chi connectivity index (χ1) is 37.3. The first-order valence-electron chi connectivity index (χ1n) is 25.9. The minimum absolute atomic E-state index is 0.000162. The van der Waals surface area contributed by atoms with Gasteiger partial charge in [0.1, 0.15) is 48.4 Å². The van der Waals surface area contributed by atoms with Gasteiger partial charge in [-0.25, -0.2) is 14.5 Å². The molecule has 0 radical (unpaired) electrons. The van der Waals surface area contributed by atoms with E-state index in [-0.39, 0.29) is 132 Å². The zero-order chi connectivity index (χ0) is 55.7. The van der Waals surface area contributed by atoms with Gasteiger partial charge in [-0.1, -0.05) is 37.3 Å². The molecule has 1 unspecified atom stereocenters. The summed E-state index contributed by atoms with van der Waals surface area (Å²) in [6, 6.07) is 12.6. The van der Waals surface area contributed by atoms with E-state index in [9.17, 15) is 57.9 Å². The number of hydrogen-bond acceptors (Lipinski definition) is 19. The van der Waals surface area contributed by atoms with Crippen molar-refractivity contribution < 1.29 is 94.9 Å². The number of rotatable bonds is 27. The molecular weight excluding hydrogens is 1040 g/mol. The molecule has 1 saturated carbocycles. The van der Waals surface area contributed by atoms with Gasteiger partial charge in [0.15, 0.2) is 6.10 Å². The Kier molecular flexibility index (Phi) is 19.5. The Morgan fingerprint density at radius 3 is 2.40 bits per heavy atom. The van der Waals surface area contributed by atoms with Gasteiger partial charge in [-0.05, 0) is 36.1 Å². The first kappa shape index (κ1) is 58.0. The third-order valence-electron chi connectivity index (χ3n) is 14.4. The third kappa shape index (κ3) is 14.6. The average Bonchev–Trinajstić information content (AvgIpc) is 4.23. The Morgan fingerprint density at radius 1 is 0.923 bits per heavy atom. The molecule has 4 amide bonds. The molecule has 0 bridgehead atoms. The number of nitrogens with zero attached hydrogens (tertiary/aromatic N) is 4. The number of aliphatic hydroxyl groups excluding tert-OH is 4. The lowest BCUT2D eigenvalue weighted by molar-refractivity contribution is -0.742. The molecule has 2 aromatic carbocycles. The van der Waals surface area contributed by atoms with Gasteiger partial charge in [-0.3, -0.25) is 28.3 Å². The van der Waals surface area contributed by atoms with Crippen LogP contribution in [-0.2, 0) is 76.8 Å². The van der Waals surface area contributed by atoms with Gasteiger partial charge in [0.05, 0.1) is 77.0 Å². The molecule has 10 N–H and O–H groups in total. The molecule has 78 heavy (non-hydrogen) atoms. The van der Waals surface area contributed by atoms with Crippen molar-refractivity contribution in [3.05, 3.63) is 71.0 Å². The van der Waals surface area contributed by atoms with E-state index in [0.717, 1.165) is 24.2 Å².